The maximum atomic E-state index is 3.56. The smallest absolute Gasteiger partial charge is 0.0444 e. The SMILES string of the molecule is CC(NN1CCCCC1)c1ccsc1. The highest BCUT2D eigenvalue weighted by Crippen LogP contribution is 2.17. The van der Waals surface area contributed by atoms with Gasteiger partial charge in [0.25, 0.3) is 0 Å². The first-order valence-electron chi connectivity index (χ1n) is 5.39. The van der Waals surface area contributed by atoms with Crippen LogP contribution in [0.5, 0.6) is 0 Å². The van der Waals surface area contributed by atoms with Crippen LogP contribution in [0.15, 0.2) is 16.8 Å². The molecule has 78 valence electrons. The van der Waals surface area contributed by atoms with Gasteiger partial charge in [-0.1, -0.05) is 6.42 Å². The molecule has 0 amide bonds. The second-order valence-electron chi connectivity index (χ2n) is 3.96. The molecule has 1 unspecified atom stereocenters. The molecule has 1 atom stereocenters. The third-order valence-corrected chi connectivity index (χ3v) is 3.48. The van der Waals surface area contributed by atoms with Gasteiger partial charge in [0.05, 0.1) is 0 Å². The lowest BCUT2D eigenvalue weighted by Gasteiger charge is -2.30. The Labute approximate surface area is 89.9 Å². The number of hydrogen-bond donors (Lipinski definition) is 1. The zero-order valence-electron chi connectivity index (χ0n) is 8.70. The Kier molecular flexibility index (Phi) is 3.56. The molecule has 1 aliphatic rings. The van der Waals surface area contributed by atoms with Crippen LogP contribution in [0, 0.1) is 0 Å². The van der Waals surface area contributed by atoms with Gasteiger partial charge in [-0.15, -0.1) is 0 Å². The average molecular weight is 210 g/mol. The minimum absolute atomic E-state index is 0.458. The fourth-order valence-electron chi connectivity index (χ4n) is 1.89. The first kappa shape index (κ1) is 10.1. The molecule has 0 spiro atoms. The molecule has 1 N–H and O–H groups in total. The molecule has 1 aliphatic heterocycles. The van der Waals surface area contributed by atoms with Crippen molar-refractivity contribution in [2.75, 3.05) is 13.1 Å². The van der Waals surface area contributed by atoms with Crippen LogP contribution in [0.1, 0.15) is 37.8 Å². The summed E-state index contributed by atoms with van der Waals surface area (Å²) < 4.78 is 0. The van der Waals surface area contributed by atoms with E-state index in [1.54, 1.807) is 11.3 Å². The lowest BCUT2D eigenvalue weighted by Crippen LogP contribution is -2.42. The van der Waals surface area contributed by atoms with E-state index in [1.807, 2.05) is 0 Å². The Morgan fingerprint density at radius 3 is 2.79 bits per heavy atom. The van der Waals surface area contributed by atoms with E-state index in [-0.39, 0.29) is 0 Å². The molecule has 14 heavy (non-hydrogen) atoms. The van der Waals surface area contributed by atoms with Crippen LogP contribution in [-0.4, -0.2) is 18.1 Å². The van der Waals surface area contributed by atoms with E-state index in [9.17, 15) is 0 Å². The lowest BCUT2D eigenvalue weighted by atomic mass is 10.1. The van der Waals surface area contributed by atoms with Gasteiger partial charge in [-0.05, 0) is 42.2 Å². The third-order valence-electron chi connectivity index (χ3n) is 2.78. The summed E-state index contributed by atoms with van der Waals surface area (Å²) in [6.07, 6.45) is 4.07. The van der Waals surface area contributed by atoms with Crippen molar-refractivity contribution in [1.29, 1.82) is 0 Å². The maximum absolute atomic E-state index is 3.56. The van der Waals surface area contributed by atoms with Crippen molar-refractivity contribution in [3.8, 4) is 0 Å². The Morgan fingerprint density at radius 2 is 2.14 bits per heavy atom. The van der Waals surface area contributed by atoms with E-state index in [1.165, 1.54) is 37.9 Å². The second kappa shape index (κ2) is 4.91. The number of rotatable bonds is 3. The van der Waals surface area contributed by atoms with Gasteiger partial charge in [-0.3, -0.25) is 0 Å². The standard InChI is InChI=1S/C11H18N2S/c1-10(11-5-8-14-9-11)12-13-6-3-2-4-7-13/h5,8-10,12H,2-4,6-7H2,1H3. The minimum atomic E-state index is 0.458. The van der Waals surface area contributed by atoms with Crippen LogP contribution >= 0.6 is 11.3 Å². The molecule has 2 heterocycles. The quantitative estimate of drug-likeness (QED) is 0.825. The summed E-state index contributed by atoms with van der Waals surface area (Å²) in [5.74, 6) is 0. The first-order chi connectivity index (χ1) is 6.86. The van der Waals surface area contributed by atoms with Gasteiger partial charge in [-0.25, -0.2) is 10.4 Å². The second-order valence-corrected chi connectivity index (χ2v) is 4.74. The largest absolute Gasteiger partial charge is 0.248 e. The number of nitrogens with zero attached hydrogens (tertiary/aromatic N) is 1. The van der Waals surface area contributed by atoms with E-state index in [0.717, 1.165) is 0 Å². The Morgan fingerprint density at radius 1 is 1.36 bits per heavy atom. The van der Waals surface area contributed by atoms with Gasteiger partial charge in [0.15, 0.2) is 0 Å². The molecule has 2 rings (SSSR count). The van der Waals surface area contributed by atoms with Crippen LogP contribution in [0.3, 0.4) is 0 Å². The highest BCUT2D eigenvalue weighted by Gasteiger charge is 2.13. The molecular weight excluding hydrogens is 192 g/mol. The predicted molar refractivity (Wildman–Crippen MR) is 61.3 cm³/mol. The summed E-state index contributed by atoms with van der Waals surface area (Å²) in [7, 11) is 0. The molecule has 3 heteroatoms. The van der Waals surface area contributed by atoms with E-state index in [2.05, 4.69) is 34.2 Å². The summed E-state index contributed by atoms with van der Waals surface area (Å²) in [5, 5.41) is 6.73. The van der Waals surface area contributed by atoms with Crippen molar-refractivity contribution < 1.29 is 0 Å². The number of nitrogens with one attached hydrogen (secondary N) is 1. The van der Waals surface area contributed by atoms with Crippen LogP contribution in [0.4, 0.5) is 0 Å². The molecular formula is C11H18N2S. The first-order valence-corrected chi connectivity index (χ1v) is 6.34. The van der Waals surface area contributed by atoms with Crippen molar-refractivity contribution >= 4 is 11.3 Å². The van der Waals surface area contributed by atoms with Crippen LogP contribution in [0.2, 0.25) is 0 Å². The highest BCUT2D eigenvalue weighted by molar-refractivity contribution is 7.07. The zero-order chi connectivity index (χ0) is 9.80. The molecule has 0 aromatic carbocycles. The summed E-state index contributed by atoms with van der Waals surface area (Å²) in [6, 6.07) is 2.66. The molecule has 1 fully saturated rings. The van der Waals surface area contributed by atoms with Gasteiger partial charge in [0.2, 0.25) is 0 Å². The fraction of sp³-hybridized carbons (Fsp3) is 0.636. The predicted octanol–water partition coefficient (Wildman–Crippen LogP) is 2.80. The van der Waals surface area contributed by atoms with Crippen molar-refractivity contribution in [2.24, 2.45) is 0 Å². The number of thiophene rings is 1. The maximum Gasteiger partial charge on any atom is 0.0444 e. The molecule has 0 bridgehead atoms. The van der Waals surface area contributed by atoms with Crippen LogP contribution in [0.25, 0.3) is 0 Å². The van der Waals surface area contributed by atoms with Gasteiger partial charge in [-0.2, -0.15) is 11.3 Å². The van der Waals surface area contributed by atoms with Crippen molar-refractivity contribution in [2.45, 2.75) is 32.2 Å². The van der Waals surface area contributed by atoms with Crippen molar-refractivity contribution in [3.05, 3.63) is 22.4 Å². The van der Waals surface area contributed by atoms with Gasteiger partial charge < -0.3 is 0 Å². The molecule has 0 saturated carbocycles. The van der Waals surface area contributed by atoms with E-state index in [0.29, 0.717) is 6.04 Å². The van der Waals surface area contributed by atoms with Crippen LogP contribution < -0.4 is 5.43 Å². The Bertz CT molecular complexity index is 252. The van der Waals surface area contributed by atoms with E-state index < -0.39 is 0 Å². The Hall–Kier alpha value is -0.380. The van der Waals surface area contributed by atoms with Crippen LogP contribution in [-0.2, 0) is 0 Å². The molecule has 1 aromatic rings. The highest BCUT2D eigenvalue weighted by atomic mass is 32.1. The summed E-state index contributed by atoms with van der Waals surface area (Å²) in [5.41, 5.74) is 4.96. The number of piperidine rings is 1. The summed E-state index contributed by atoms with van der Waals surface area (Å²) in [4.78, 5) is 0. The topological polar surface area (TPSA) is 15.3 Å². The monoisotopic (exact) mass is 210 g/mol. The zero-order valence-corrected chi connectivity index (χ0v) is 9.52. The van der Waals surface area contributed by atoms with E-state index >= 15 is 0 Å². The van der Waals surface area contributed by atoms with Gasteiger partial charge >= 0.3 is 0 Å². The van der Waals surface area contributed by atoms with Crippen molar-refractivity contribution in [3.63, 3.8) is 0 Å². The molecule has 0 radical (unpaired) electrons. The minimum Gasteiger partial charge on any atom is -0.248 e. The normalized spacial score (nSPS) is 20.9. The fourth-order valence-corrected chi connectivity index (χ4v) is 2.65. The third kappa shape index (κ3) is 2.56. The van der Waals surface area contributed by atoms with E-state index in [4.69, 9.17) is 0 Å². The van der Waals surface area contributed by atoms with Gasteiger partial charge in [0.1, 0.15) is 0 Å². The summed E-state index contributed by atoms with van der Waals surface area (Å²) >= 11 is 1.77. The molecule has 2 nitrogen and oxygen atoms in total. The number of hydrazine groups is 1. The molecule has 1 aromatic heterocycles. The molecule has 0 aliphatic carbocycles. The lowest BCUT2D eigenvalue weighted by molar-refractivity contribution is 0.133. The number of hydrogen-bond acceptors (Lipinski definition) is 3. The Balaban J connectivity index is 1.84. The summed E-state index contributed by atoms with van der Waals surface area (Å²) in [6.45, 7) is 4.64. The molecule has 1 saturated heterocycles. The van der Waals surface area contributed by atoms with Gasteiger partial charge in [0, 0.05) is 19.1 Å². The average Bonchev–Trinajstić information content (AvgIpc) is 2.72. The van der Waals surface area contributed by atoms with Crippen molar-refractivity contribution in [1.82, 2.24) is 10.4 Å².